The van der Waals surface area contributed by atoms with Gasteiger partial charge in [-0.2, -0.15) is 18.3 Å². The van der Waals surface area contributed by atoms with Crippen LogP contribution in [-0.4, -0.2) is 28.8 Å². The molecule has 2 rings (SSSR count). The summed E-state index contributed by atoms with van der Waals surface area (Å²) in [5.41, 5.74) is -1.07. The van der Waals surface area contributed by atoms with Crippen LogP contribution in [0.4, 0.5) is 13.2 Å². The van der Waals surface area contributed by atoms with Crippen molar-refractivity contribution in [2.75, 3.05) is 7.11 Å². The first-order chi connectivity index (χ1) is 11.3. The molecule has 0 aromatic carbocycles. The topological polar surface area (TPSA) is 73.2 Å². The molecule has 1 amide bonds. The number of carbonyl (C=O) groups excluding carboxylic acids is 2. The molecular weight excluding hydrogens is 347 g/mol. The number of halogens is 3. The van der Waals surface area contributed by atoms with Gasteiger partial charge in [-0.25, -0.2) is 0 Å². The maximum absolute atomic E-state index is 12.5. The first-order valence-corrected chi connectivity index (χ1v) is 7.68. The number of rotatable bonds is 6. The molecule has 2 aromatic heterocycles. The van der Waals surface area contributed by atoms with Crippen molar-refractivity contribution in [3.8, 4) is 0 Å². The normalized spacial score (nSPS) is 12.7. The lowest BCUT2D eigenvalue weighted by atomic mass is 10.1. The van der Waals surface area contributed by atoms with E-state index in [9.17, 15) is 22.8 Å². The molecule has 0 saturated heterocycles. The van der Waals surface area contributed by atoms with Crippen molar-refractivity contribution < 1.29 is 27.5 Å². The predicted molar refractivity (Wildman–Crippen MR) is 79.1 cm³/mol. The average Bonchev–Trinajstić information content (AvgIpc) is 3.16. The number of hydrogen-bond donors (Lipinski definition) is 1. The lowest BCUT2D eigenvalue weighted by Crippen LogP contribution is -2.33. The zero-order valence-corrected chi connectivity index (χ0v) is 13.4. The van der Waals surface area contributed by atoms with Gasteiger partial charge in [-0.15, -0.1) is 11.3 Å². The van der Waals surface area contributed by atoms with Gasteiger partial charge in [-0.3, -0.25) is 14.3 Å². The summed E-state index contributed by atoms with van der Waals surface area (Å²) < 4.78 is 43.0. The molecule has 24 heavy (non-hydrogen) atoms. The number of amides is 1. The van der Waals surface area contributed by atoms with Gasteiger partial charge >= 0.3 is 12.1 Å². The number of methoxy groups -OCH3 is 1. The van der Waals surface area contributed by atoms with E-state index in [1.807, 2.05) is 0 Å². The second-order valence-corrected chi connectivity index (χ2v) is 5.79. The van der Waals surface area contributed by atoms with Crippen molar-refractivity contribution in [1.82, 2.24) is 15.1 Å². The molecule has 2 heterocycles. The molecule has 1 atom stereocenters. The maximum Gasteiger partial charge on any atom is 0.435 e. The van der Waals surface area contributed by atoms with Gasteiger partial charge in [-0.05, 0) is 17.5 Å². The van der Waals surface area contributed by atoms with Gasteiger partial charge in [0.05, 0.1) is 19.6 Å². The van der Waals surface area contributed by atoms with Crippen molar-refractivity contribution in [2.24, 2.45) is 0 Å². The molecule has 0 spiro atoms. The summed E-state index contributed by atoms with van der Waals surface area (Å²) in [6, 6.07) is 3.69. The molecule has 1 unspecified atom stereocenters. The van der Waals surface area contributed by atoms with Crippen molar-refractivity contribution in [3.05, 3.63) is 40.3 Å². The van der Waals surface area contributed by atoms with E-state index in [0.29, 0.717) is 0 Å². The number of hydrogen-bond acceptors (Lipinski definition) is 5. The number of nitrogens with zero attached hydrogens (tertiary/aromatic N) is 2. The van der Waals surface area contributed by atoms with Crippen LogP contribution in [0.5, 0.6) is 0 Å². The Hall–Kier alpha value is -2.36. The number of carbonyl (C=O) groups is 2. The van der Waals surface area contributed by atoms with Crippen molar-refractivity contribution in [1.29, 1.82) is 0 Å². The minimum absolute atomic E-state index is 0.0737. The molecule has 2 aromatic rings. The molecular formula is C14H14F3N3O3S. The van der Waals surface area contributed by atoms with Crippen LogP contribution in [0.2, 0.25) is 0 Å². The smallest absolute Gasteiger partial charge is 0.435 e. The number of esters is 1. The number of thiophene rings is 1. The van der Waals surface area contributed by atoms with E-state index >= 15 is 0 Å². The monoisotopic (exact) mass is 361 g/mol. The first kappa shape index (κ1) is 18.0. The van der Waals surface area contributed by atoms with Gasteiger partial charge in [0.25, 0.3) is 0 Å². The van der Waals surface area contributed by atoms with Crippen LogP contribution in [0.1, 0.15) is 23.0 Å². The van der Waals surface area contributed by atoms with E-state index in [-0.39, 0.29) is 13.0 Å². The second kappa shape index (κ2) is 7.47. The van der Waals surface area contributed by atoms with Crippen LogP contribution < -0.4 is 5.32 Å². The molecule has 10 heteroatoms. The van der Waals surface area contributed by atoms with Gasteiger partial charge in [0.1, 0.15) is 6.54 Å². The van der Waals surface area contributed by atoms with E-state index in [1.54, 1.807) is 17.5 Å². The lowest BCUT2D eigenvalue weighted by molar-refractivity contribution is -0.142. The van der Waals surface area contributed by atoms with Gasteiger partial charge in [-0.1, -0.05) is 6.07 Å². The Morgan fingerprint density at radius 2 is 2.17 bits per heavy atom. The standard InChI is InChI=1S/C14H14F3N3O3S/c1-23-13(22)7-9(10-3-2-6-24-10)18-12(21)8-20-5-4-11(19-20)14(15,16)17/h2-6,9H,7-8H2,1H3,(H,18,21). The fraction of sp³-hybridized carbons (Fsp3) is 0.357. The van der Waals surface area contributed by atoms with Gasteiger partial charge in [0, 0.05) is 11.1 Å². The highest BCUT2D eigenvalue weighted by molar-refractivity contribution is 7.10. The largest absolute Gasteiger partial charge is 0.469 e. The maximum atomic E-state index is 12.5. The molecule has 6 nitrogen and oxygen atoms in total. The van der Waals surface area contributed by atoms with Crippen LogP contribution in [0.15, 0.2) is 29.8 Å². The molecule has 0 fully saturated rings. The van der Waals surface area contributed by atoms with Crippen molar-refractivity contribution >= 4 is 23.2 Å². The summed E-state index contributed by atoms with van der Waals surface area (Å²) in [5, 5.41) is 7.71. The third kappa shape index (κ3) is 4.82. The number of alkyl halides is 3. The molecule has 0 aliphatic heterocycles. The Morgan fingerprint density at radius 3 is 2.71 bits per heavy atom. The Morgan fingerprint density at radius 1 is 1.42 bits per heavy atom. The molecule has 0 saturated carbocycles. The zero-order chi connectivity index (χ0) is 17.7. The molecule has 0 aliphatic rings. The van der Waals surface area contributed by atoms with E-state index in [4.69, 9.17) is 0 Å². The highest BCUT2D eigenvalue weighted by Crippen LogP contribution is 2.27. The number of nitrogens with one attached hydrogen (secondary N) is 1. The van der Waals surface area contributed by atoms with E-state index < -0.39 is 29.8 Å². The fourth-order valence-corrected chi connectivity index (χ4v) is 2.73. The summed E-state index contributed by atoms with van der Waals surface area (Å²) in [6.07, 6.45) is -3.56. The van der Waals surface area contributed by atoms with Crippen LogP contribution in [-0.2, 0) is 27.0 Å². The Balaban J connectivity index is 2.02. The molecule has 130 valence electrons. The van der Waals surface area contributed by atoms with Gasteiger partial charge in [0.15, 0.2) is 5.69 Å². The van der Waals surface area contributed by atoms with Crippen LogP contribution in [0.25, 0.3) is 0 Å². The predicted octanol–water partition coefficient (Wildman–Crippen LogP) is 2.38. The zero-order valence-electron chi connectivity index (χ0n) is 12.5. The molecule has 0 aliphatic carbocycles. The summed E-state index contributed by atoms with van der Waals surface area (Å²) in [4.78, 5) is 24.2. The Bertz CT molecular complexity index is 698. The minimum atomic E-state index is -4.56. The van der Waals surface area contributed by atoms with E-state index in [2.05, 4.69) is 15.2 Å². The average molecular weight is 361 g/mol. The Kier molecular flexibility index (Phi) is 5.60. The fourth-order valence-electron chi connectivity index (χ4n) is 1.95. The third-order valence-electron chi connectivity index (χ3n) is 3.06. The Labute approximate surface area is 139 Å². The van der Waals surface area contributed by atoms with Gasteiger partial charge < -0.3 is 10.1 Å². The lowest BCUT2D eigenvalue weighted by Gasteiger charge is -2.16. The summed E-state index contributed by atoms with van der Waals surface area (Å²) in [7, 11) is 1.23. The third-order valence-corrected chi connectivity index (χ3v) is 4.04. The van der Waals surface area contributed by atoms with E-state index in [1.165, 1.54) is 18.4 Å². The SMILES string of the molecule is COC(=O)CC(NC(=O)Cn1ccc(C(F)(F)F)n1)c1cccs1. The van der Waals surface area contributed by atoms with Crippen LogP contribution >= 0.6 is 11.3 Å². The summed E-state index contributed by atoms with van der Waals surface area (Å²) in [6.45, 7) is -0.390. The first-order valence-electron chi connectivity index (χ1n) is 6.80. The molecule has 0 radical (unpaired) electrons. The minimum Gasteiger partial charge on any atom is -0.469 e. The summed E-state index contributed by atoms with van der Waals surface area (Å²) >= 11 is 1.35. The highest BCUT2D eigenvalue weighted by atomic mass is 32.1. The van der Waals surface area contributed by atoms with E-state index in [0.717, 1.165) is 21.8 Å². The van der Waals surface area contributed by atoms with Crippen molar-refractivity contribution in [3.63, 3.8) is 0 Å². The van der Waals surface area contributed by atoms with Crippen LogP contribution in [0, 0.1) is 0 Å². The van der Waals surface area contributed by atoms with Gasteiger partial charge in [0.2, 0.25) is 5.91 Å². The summed E-state index contributed by atoms with van der Waals surface area (Å²) in [5.74, 6) is -1.07. The molecule has 1 N–H and O–H groups in total. The van der Waals surface area contributed by atoms with Crippen molar-refractivity contribution in [2.45, 2.75) is 25.2 Å². The molecule has 0 bridgehead atoms. The van der Waals surface area contributed by atoms with Crippen LogP contribution in [0.3, 0.4) is 0 Å². The number of aromatic nitrogens is 2. The number of ether oxygens (including phenoxy) is 1. The quantitative estimate of drug-likeness (QED) is 0.802. The highest BCUT2D eigenvalue weighted by Gasteiger charge is 2.33. The second-order valence-electron chi connectivity index (χ2n) is 4.81.